The zero-order valence-electron chi connectivity index (χ0n) is 14.2. The lowest BCUT2D eigenvalue weighted by Crippen LogP contribution is -2.49. The summed E-state index contributed by atoms with van der Waals surface area (Å²) in [5.41, 5.74) is 0. The van der Waals surface area contributed by atoms with E-state index in [9.17, 15) is 14.4 Å². The van der Waals surface area contributed by atoms with Crippen LogP contribution in [0.15, 0.2) is 0 Å². The molecule has 0 spiro atoms. The van der Waals surface area contributed by atoms with Crippen LogP contribution in [0.5, 0.6) is 0 Å². The van der Waals surface area contributed by atoms with E-state index in [1.807, 2.05) is 0 Å². The first-order valence-electron chi connectivity index (χ1n) is 8.07. The van der Waals surface area contributed by atoms with Crippen molar-refractivity contribution in [2.75, 3.05) is 33.4 Å². The lowest BCUT2D eigenvalue weighted by Gasteiger charge is -2.30. The number of rotatable bonds is 8. The van der Waals surface area contributed by atoms with Gasteiger partial charge in [0.25, 0.3) is 0 Å². The zero-order chi connectivity index (χ0) is 17.9. The van der Waals surface area contributed by atoms with Gasteiger partial charge >= 0.3 is 11.9 Å². The molecule has 0 unspecified atom stereocenters. The molecule has 1 amide bonds. The van der Waals surface area contributed by atoms with Gasteiger partial charge in [0, 0.05) is 32.5 Å². The quantitative estimate of drug-likeness (QED) is 0.498. The first-order chi connectivity index (χ1) is 11.5. The van der Waals surface area contributed by atoms with Crippen LogP contribution in [0.2, 0.25) is 0 Å². The molecule has 9 heteroatoms. The molecule has 0 aromatic heterocycles. The summed E-state index contributed by atoms with van der Waals surface area (Å²) in [6, 6.07) is 0. The molecule has 1 rings (SSSR count). The van der Waals surface area contributed by atoms with Crippen molar-refractivity contribution in [3.05, 3.63) is 0 Å². The number of methoxy groups -OCH3 is 1. The van der Waals surface area contributed by atoms with Gasteiger partial charge in [-0.25, -0.2) is 0 Å². The van der Waals surface area contributed by atoms with Crippen LogP contribution in [-0.2, 0) is 23.9 Å². The number of amides is 1. The highest BCUT2D eigenvalue weighted by Gasteiger charge is 2.28. The summed E-state index contributed by atoms with van der Waals surface area (Å²) in [5, 5.41) is 6.69. The van der Waals surface area contributed by atoms with Gasteiger partial charge < -0.3 is 14.8 Å². The predicted octanol–water partition coefficient (Wildman–Crippen LogP) is 0.607. The summed E-state index contributed by atoms with van der Waals surface area (Å²) in [6.07, 6.45) is 1.96. The number of hydrogen-bond acceptors (Lipinski definition) is 6. The van der Waals surface area contributed by atoms with E-state index in [0.29, 0.717) is 37.8 Å². The standard InChI is InChI=1S/C15H25N3O5S/c1-3-23-14(21)8-9-16-15(24)18-11-5-10-17(18)12(19)6-4-7-13(20)22-2/h3-11H2,1-2H3,(H,16,24). The zero-order valence-corrected chi connectivity index (χ0v) is 15.0. The Morgan fingerprint density at radius 2 is 1.79 bits per heavy atom. The van der Waals surface area contributed by atoms with Gasteiger partial charge in [0.05, 0.1) is 20.1 Å². The Kier molecular flexibility index (Phi) is 9.06. The number of thiocarbonyl (C=S) groups is 1. The molecule has 1 heterocycles. The summed E-state index contributed by atoms with van der Waals surface area (Å²) < 4.78 is 9.40. The third kappa shape index (κ3) is 6.69. The molecule has 136 valence electrons. The maximum Gasteiger partial charge on any atom is 0.307 e. The Hall–Kier alpha value is -1.90. The predicted molar refractivity (Wildman–Crippen MR) is 90.8 cm³/mol. The highest BCUT2D eigenvalue weighted by atomic mass is 32.1. The van der Waals surface area contributed by atoms with E-state index >= 15 is 0 Å². The van der Waals surface area contributed by atoms with Crippen LogP contribution in [0.25, 0.3) is 0 Å². The molecule has 1 aliphatic rings. The number of ether oxygens (including phenoxy) is 2. The Balaban J connectivity index is 2.37. The van der Waals surface area contributed by atoms with Crippen molar-refractivity contribution in [3.8, 4) is 0 Å². The van der Waals surface area contributed by atoms with Crippen molar-refractivity contribution in [2.24, 2.45) is 0 Å². The Morgan fingerprint density at radius 3 is 2.46 bits per heavy atom. The van der Waals surface area contributed by atoms with Gasteiger partial charge in [-0.1, -0.05) is 0 Å². The van der Waals surface area contributed by atoms with Crippen molar-refractivity contribution in [1.82, 2.24) is 15.3 Å². The molecule has 0 saturated carbocycles. The molecular formula is C15H25N3O5S. The van der Waals surface area contributed by atoms with Gasteiger partial charge in [-0.3, -0.25) is 24.4 Å². The lowest BCUT2D eigenvalue weighted by atomic mass is 10.2. The second-order valence-corrected chi connectivity index (χ2v) is 5.60. The number of esters is 2. The minimum atomic E-state index is -0.322. The fraction of sp³-hybridized carbons (Fsp3) is 0.733. The molecule has 1 saturated heterocycles. The van der Waals surface area contributed by atoms with Crippen LogP contribution in [-0.4, -0.2) is 66.3 Å². The van der Waals surface area contributed by atoms with Crippen LogP contribution in [0.4, 0.5) is 0 Å². The van der Waals surface area contributed by atoms with Crippen molar-refractivity contribution >= 4 is 35.2 Å². The van der Waals surface area contributed by atoms with E-state index in [1.54, 1.807) is 16.9 Å². The van der Waals surface area contributed by atoms with E-state index in [2.05, 4.69) is 10.1 Å². The summed E-state index contributed by atoms with van der Waals surface area (Å²) in [5.74, 6) is -0.687. The van der Waals surface area contributed by atoms with Crippen LogP contribution in [0.3, 0.4) is 0 Å². The minimum absolute atomic E-state index is 0.0778. The first-order valence-corrected chi connectivity index (χ1v) is 8.48. The van der Waals surface area contributed by atoms with Crippen LogP contribution >= 0.6 is 12.2 Å². The Bertz CT molecular complexity index is 472. The van der Waals surface area contributed by atoms with E-state index in [1.165, 1.54) is 7.11 Å². The van der Waals surface area contributed by atoms with Gasteiger partial charge in [-0.05, 0) is 32.0 Å². The van der Waals surface area contributed by atoms with Crippen LogP contribution in [0.1, 0.15) is 39.0 Å². The maximum atomic E-state index is 12.3. The number of hydrazine groups is 1. The van der Waals surface area contributed by atoms with E-state index in [0.717, 1.165) is 6.42 Å². The van der Waals surface area contributed by atoms with E-state index in [-0.39, 0.29) is 37.1 Å². The van der Waals surface area contributed by atoms with Gasteiger partial charge in [-0.15, -0.1) is 0 Å². The second-order valence-electron chi connectivity index (χ2n) is 5.21. The smallest absolute Gasteiger partial charge is 0.307 e. The molecule has 0 aliphatic carbocycles. The van der Waals surface area contributed by atoms with Gasteiger partial charge in [-0.2, -0.15) is 0 Å². The fourth-order valence-electron chi connectivity index (χ4n) is 2.29. The van der Waals surface area contributed by atoms with Crippen molar-refractivity contribution in [3.63, 3.8) is 0 Å². The average Bonchev–Trinajstić information content (AvgIpc) is 3.04. The minimum Gasteiger partial charge on any atom is -0.469 e. The molecule has 0 aromatic rings. The van der Waals surface area contributed by atoms with E-state index in [4.69, 9.17) is 17.0 Å². The van der Waals surface area contributed by atoms with E-state index < -0.39 is 0 Å². The molecule has 0 aromatic carbocycles. The summed E-state index contributed by atoms with van der Waals surface area (Å²) in [6.45, 7) is 3.70. The van der Waals surface area contributed by atoms with Crippen molar-refractivity contribution < 1.29 is 23.9 Å². The highest BCUT2D eigenvalue weighted by molar-refractivity contribution is 7.80. The fourth-order valence-corrected chi connectivity index (χ4v) is 2.59. The molecule has 24 heavy (non-hydrogen) atoms. The Labute approximate surface area is 147 Å². The summed E-state index contributed by atoms with van der Waals surface area (Å²) in [4.78, 5) is 34.6. The van der Waals surface area contributed by atoms with Crippen LogP contribution < -0.4 is 5.32 Å². The summed E-state index contributed by atoms with van der Waals surface area (Å²) in [7, 11) is 1.33. The molecule has 8 nitrogen and oxygen atoms in total. The average molecular weight is 359 g/mol. The molecule has 1 fully saturated rings. The largest absolute Gasteiger partial charge is 0.469 e. The van der Waals surface area contributed by atoms with Gasteiger partial charge in [0.1, 0.15) is 0 Å². The van der Waals surface area contributed by atoms with Gasteiger partial charge in [0.15, 0.2) is 5.11 Å². The third-order valence-electron chi connectivity index (χ3n) is 3.46. The highest BCUT2D eigenvalue weighted by Crippen LogP contribution is 2.14. The second kappa shape index (κ2) is 10.8. The molecule has 1 aliphatic heterocycles. The third-order valence-corrected chi connectivity index (χ3v) is 3.82. The van der Waals surface area contributed by atoms with Crippen LogP contribution in [0, 0.1) is 0 Å². The first kappa shape index (κ1) is 20.1. The topological polar surface area (TPSA) is 88.2 Å². The molecule has 1 N–H and O–H groups in total. The SMILES string of the molecule is CCOC(=O)CCNC(=S)N1CCCN1C(=O)CCCC(=O)OC. The van der Waals surface area contributed by atoms with Crippen molar-refractivity contribution in [1.29, 1.82) is 0 Å². The molecule has 0 radical (unpaired) electrons. The Morgan fingerprint density at radius 1 is 1.08 bits per heavy atom. The number of hydrogen-bond donors (Lipinski definition) is 1. The monoisotopic (exact) mass is 359 g/mol. The molecule has 0 bridgehead atoms. The lowest BCUT2D eigenvalue weighted by molar-refractivity contribution is -0.144. The normalized spacial score (nSPS) is 13.6. The number of nitrogens with zero attached hydrogens (tertiary/aromatic N) is 2. The number of nitrogens with one attached hydrogen (secondary N) is 1. The number of carbonyl (C=O) groups is 3. The maximum absolute atomic E-state index is 12.3. The summed E-state index contributed by atoms with van der Waals surface area (Å²) >= 11 is 5.29. The molecule has 0 atom stereocenters. The molecular weight excluding hydrogens is 334 g/mol. The van der Waals surface area contributed by atoms with Gasteiger partial charge in [0.2, 0.25) is 5.91 Å². The van der Waals surface area contributed by atoms with Crippen molar-refractivity contribution in [2.45, 2.75) is 39.0 Å². The number of carbonyl (C=O) groups excluding carboxylic acids is 3.